The monoisotopic (exact) mass is 594 g/mol. The molecule has 2 aliphatic carbocycles. The van der Waals surface area contributed by atoms with E-state index >= 15 is 0 Å². The van der Waals surface area contributed by atoms with Gasteiger partial charge in [-0.2, -0.15) is 0 Å². The third kappa shape index (κ3) is 7.18. The highest BCUT2D eigenvalue weighted by Crippen LogP contribution is 2.35. The summed E-state index contributed by atoms with van der Waals surface area (Å²) in [7, 11) is 0. The van der Waals surface area contributed by atoms with Crippen molar-refractivity contribution < 1.29 is 27.9 Å². The molecule has 40 heavy (non-hydrogen) atoms. The molecule has 2 N–H and O–H groups in total. The van der Waals surface area contributed by atoms with E-state index in [9.17, 15) is 23.2 Å². The van der Waals surface area contributed by atoms with Crippen LogP contribution in [0.2, 0.25) is 4.34 Å². The van der Waals surface area contributed by atoms with Gasteiger partial charge in [-0.25, -0.2) is 8.78 Å². The Morgan fingerprint density at radius 3 is 2.48 bits per heavy atom. The van der Waals surface area contributed by atoms with Crippen molar-refractivity contribution in [2.45, 2.75) is 44.6 Å². The van der Waals surface area contributed by atoms with Gasteiger partial charge in [-0.05, 0) is 67.9 Å². The zero-order chi connectivity index (χ0) is 28.2. The summed E-state index contributed by atoms with van der Waals surface area (Å²) in [6, 6.07) is 6.80. The Morgan fingerprint density at radius 2 is 1.88 bits per heavy atom. The van der Waals surface area contributed by atoms with E-state index in [0.717, 1.165) is 50.1 Å². The number of carbonyl (C=O) groups excluding carboxylic acids is 3. The van der Waals surface area contributed by atoms with E-state index in [2.05, 4.69) is 15.5 Å². The lowest BCUT2D eigenvalue weighted by Crippen LogP contribution is -2.53. The maximum absolute atomic E-state index is 14.1. The number of benzene rings is 1. The predicted molar refractivity (Wildman–Crippen MR) is 150 cm³/mol. The lowest BCUT2D eigenvalue weighted by molar-refractivity contribution is -0.125. The molecule has 1 aromatic carbocycles. The lowest BCUT2D eigenvalue weighted by Gasteiger charge is -2.37. The highest BCUT2D eigenvalue weighted by Gasteiger charge is 2.35. The number of nitrogens with one attached hydrogen (secondary N) is 2. The van der Waals surface area contributed by atoms with Crippen LogP contribution in [0.25, 0.3) is 0 Å². The van der Waals surface area contributed by atoms with Crippen molar-refractivity contribution in [2.75, 3.05) is 49.6 Å². The molecule has 8 nitrogen and oxygen atoms in total. The highest BCUT2D eigenvalue weighted by atomic mass is 35.5. The first-order valence-electron chi connectivity index (χ1n) is 13.7. The second kappa shape index (κ2) is 12.9. The van der Waals surface area contributed by atoms with Crippen molar-refractivity contribution >= 4 is 52.0 Å². The molecule has 0 spiro atoms. The molecule has 2 saturated carbocycles. The van der Waals surface area contributed by atoms with E-state index in [1.807, 2.05) is 0 Å². The highest BCUT2D eigenvalue weighted by molar-refractivity contribution is 7.18. The topological polar surface area (TPSA) is 91.0 Å². The number of hydrogen-bond acceptors (Lipinski definition) is 6. The molecule has 0 radical (unpaired) electrons. The zero-order valence-corrected chi connectivity index (χ0v) is 23.6. The Balaban J connectivity index is 1.35. The molecule has 1 atom stereocenters. The number of nitrogens with zero attached hydrogens (tertiary/aromatic N) is 2. The molecular weight excluding hydrogens is 562 g/mol. The summed E-state index contributed by atoms with van der Waals surface area (Å²) in [6.45, 7) is 1.84. The van der Waals surface area contributed by atoms with Crippen molar-refractivity contribution in [2.24, 2.45) is 11.8 Å². The van der Waals surface area contributed by atoms with Crippen molar-refractivity contribution in [1.29, 1.82) is 0 Å². The van der Waals surface area contributed by atoms with Crippen LogP contribution in [0, 0.1) is 11.8 Å². The average molecular weight is 595 g/mol. The molecule has 1 aromatic heterocycles. The van der Waals surface area contributed by atoms with E-state index < -0.39 is 12.5 Å². The van der Waals surface area contributed by atoms with Gasteiger partial charge in [-0.15, -0.1) is 11.3 Å². The molecule has 5 rings (SSSR count). The van der Waals surface area contributed by atoms with Gasteiger partial charge >= 0.3 is 0 Å². The van der Waals surface area contributed by atoms with E-state index in [-0.39, 0.29) is 61.0 Å². The maximum atomic E-state index is 14.1. The van der Waals surface area contributed by atoms with Gasteiger partial charge < -0.3 is 20.3 Å². The van der Waals surface area contributed by atoms with Crippen LogP contribution in [0.15, 0.2) is 30.3 Å². The minimum atomic E-state index is -2.85. The fourth-order valence-electron chi connectivity index (χ4n) is 5.12. The number of ether oxygens (including phenoxy) is 1. The van der Waals surface area contributed by atoms with E-state index in [0.29, 0.717) is 21.0 Å². The molecule has 2 heterocycles. The van der Waals surface area contributed by atoms with Crippen molar-refractivity contribution in [1.82, 2.24) is 10.2 Å². The molecule has 0 bridgehead atoms. The SMILES string of the molecule is O=C(NC[C@H](C(=O)Nc1ccc(N2CCOCC2=O)c(C(F)F)c1)N(CC1CCC1)CC1CC1)c1ccc(Cl)s1. The fraction of sp³-hybridized carbons (Fsp3) is 0.536. The summed E-state index contributed by atoms with van der Waals surface area (Å²) < 4.78 is 33.8. The van der Waals surface area contributed by atoms with Crippen LogP contribution in [-0.2, 0) is 14.3 Å². The van der Waals surface area contributed by atoms with Gasteiger partial charge in [-0.3, -0.25) is 19.3 Å². The average Bonchev–Trinajstić information content (AvgIpc) is 3.62. The Labute approximate surface area is 241 Å². The summed E-state index contributed by atoms with van der Waals surface area (Å²) in [5.74, 6) is -0.0711. The van der Waals surface area contributed by atoms with Gasteiger partial charge in [0.2, 0.25) is 5.91 Å². The second-order valence-electron chi connectivity index (χ2n) is 10.7. The van der Waals surface area contributed by atoms with Crippen LogP contribution >= 0.6 is 22.9 Å². The first-order chi connectivity index (χ1) is 19.3. The quantitative estimate of drug-likeness (QED) is 0.363. The maximum Gasteiger partial charge on any atom is 0.265 e. The number of anilines is 2. The van der Waals surface area contributed by atoms with E-state index in [1.165, 1.54) is 29.5 Å². The molecule has 1 saturated heterocycles. The molecular formula is C28H33ClF2N4O4S. The molecule has 3 amide bonds. The summed E-state index contributed by atoms with van der Waals surface area (Å²) in [6.07, 6.45) is 2.75. The van der Waals surface area contributed by atoms with Gasteiger partial charge in [0.15, 0.2) is 0 Å². The van der Waals surface area contributed by atoms with Crippen molar-refractivity contribution in [3.63, 3.8) is 0 Å². The number of amides is 3. The van der Waals surface area contributed by atoms with Crippen LogP contribution in [0.4, 0.5) is 20.2 Å². The first kappa shape index (κ1) is 28.9. The molecule has 0 unspecified atom stereocenters. The van der Waals surface area contributed by atoms with Crippen LogP contribution < -0.4 is 15.5 Å². The molecule has 3 aliphatic rings. The zero-order valence-electron chi connectivity index (χ0n) is 22.0. The van der Waals surface area contributed by atoms with Crippen molar-refractivity contribution in [3.05, 3.63) is 45.1 Å². The summed E-state index contributed by atoms with van der Waals surface area (Å²) >= 11 is 7.15. The van der Waals surface area contributed by atoms with Gasteiger partial charge in [0.25, 0.3) is 18.2 Å². The van der Waals surface area contributed by atoms with Crippen LogP contribution in [-0.4, -0.2) is 68.1 Å². The Kier molecular flexibility index (Phi) is 9.34. The largest absolute Gasteiger partial charge is 0.370 e. The van der Waals surface area contributed by atoms with E-state index in [4.69, 9.17) is 16.3 Å². The fourth-order valence-corrected chi connectivity index (χ4v) is 6.08. The third-order valence-corrected chi connectivity index (χ3v) is 8.94. The van der Waals surface area contributed by atoms with Gasteiger partial charge in [-0.1, -0.05) is 18.0 Å². The van der Waals surface area contributed by atoms with Crippen LogP contribution in [0.5, 0.6) is 0 Å². The third-order valence-electron chi connectivity index (χ3n) is 7.71. The molecule has 216 valence electrons. The normalized spacial score (nSPS) is 18.6. The summed E-state index contributed by atoms with van der Waals surface area (Å²) in [5, 5.41) is 5.70. The van der Waals surface area contributed by atoms with E-state index in [1.54, 1.807) is 12.1 Å². The summed E-state index contributed by atoms with van der Waals surface area (Å²) in [4.78, 5) is 42.7. The number of carbonyl (C=O) groups is 3. The van der Waals surface area contributed by atoms with Crippen LogP contribution in [0.3, 0.4) is 0 Å². The minimum absolute atomic E-state index is 0.0711. The summed E-state index contributed by atoms with van der Waals surface area (Å²) in [5.41, 5.74) is -0.0158. The predicted octanol–water partition coefficient (Wildman–Crippen LogP) is 4.95. The molecule has 2 aromatic rings. The Hall–Kier alpha value is -2.60. The Morgan fingerprint density at radius 1 is 1.12 bits per heavy atom. The Bertz CT molecular complexity index is 1240. The second-order valence-corrected chi connectivity index (χ2v) is 12.4. The number of halogens is 3. The van der Waals surface area contributed by atoms with Crippen LogP contribution in [0.1, 0.15) is 53.8 Å². The first-order valence-corrected chi connectivity index (χ1v) is 14.9. The number of alkyl halides is 2. The molecule has 1 aliphatic heterocycles. The number of morpholine rings is 1. The van der Waals surface area contributed by atoms with Gasteiger partial charge in [0.05, 0.1) is 21.5 Å². The number of thiophene rings is 1. The smallest absolute Gasteiger partial charge is 0.265 e. The molecule has 3 fully saturated rings. The van der Waals surface area contributed by atoms with Gasteiger partial charge in [0.1, 0.15) is 12.6 Å². The minimum Gasteiger partial charge on any atom is -0.370 e. The standard InChI is InChI=1S/C28H33ClF2N4O4S/c29-24-9-8-23(40-24)28(38)32-13-22(34(15-18-4-5-18)14-17-2-1-3-17)27(37)33-19-6-7-21(20(12-19)26(30)31)35-10-11-39-16-25(35)36/h6-9,12,17-18,22,26H,1-5,10-11,13-16H2,(H,32,38)(H,33,37)/t22-/m1/s1. The molecule has 12 heteroatoms. The van der Waals surface area contributed by atoms with Crippen molar-refractivity contribution in [3.8, 4) is 0 Å². The number of hydrogen-bond donors (Lipinski definition) is 2. The van der Waals surface area contributed by atoms with Gasteiger partial charge in [0, 0.05) is 37.4 Å². The lowest BCUT2D eigenvalue weighted by atomic mass is 9.84. The number of rotatable bonds is 12.